The molecule has 0 spiro atoms. The molecule has 1 aromatic heterocycles. The van der Waals surface area contributed by atoms with Gasteiger partial charge in [-0.1, -0.05) is 62.4 Å². The molecule has 1 saturated heterocycles. The fourth-order valence-electron chi connectivity index (χ4n) is 4.85. The highest BCUT2D eigenvalue weighted by molar-refractivity contribution is 8.18. The van der Waals surface area contributed by atoms with E-state index in [0.29, 0.717) is 17.0 Å². The molecule has 40 heavy (non-hydrogen) atoms. The zero-order valence-electron chi connectivity index (χ0n) is 22.5. The smallest absolute Gasteiger partial charge is 0.293 e. The zero-order chi connectivity index (χ0) is 28.4. The molecule has 204 valence electrons. The summed E-state index contributed by atoms with van der Waals surface area (Å²) < 4.78 is 7.94. The van der Waals surface area contributed by atoms with E-state index in [1.165, 1.54) is 11.0 Å². The highest BCUT2D eigenvalue weighted by atomic mass is 32.2. The number of nitro groups is 1. The van der Waals surface area contributed by atoms with Crippen LogP contribution in [0.3, 0.4) is 0 Å². The third-order valence-electron chi connectivity index (χ3n) is 6.87. The molecule has 0 unspecified atom stereocenters. The summed E-state index contributed by atoms with van der Waals surface area (Å²) in [4.78, 5) is 38.7. The van der Waals surface area contributed by atoms with Crippen molar-refractivity contribution in [2.45, 2.75) is 33.2 Å². The number of hydrogen-bond donors (Lipinski definition) is 0. The Labute approximate surface area is 236 Å². The van der Waals surface area contributed by atoms with Gasteiger partial charge in [0.15, 0.2) is 0 Å². The number of rotatable bonds is 9. The van der Waals surface area contributed by atoms with E-state index in [2.05, 4.69) is 13.8 Å². The maximum Gasteiger partial charge on any atom is 0.293 e. The first kappa shape index (κ1) is 27.2. The first-order chi connectivity index (χ1) is 19.2. The minimum absolute atomic E-state index is 0.0522. The van der Waals surface area contributed by atoms with Crippen molar-refractivity contribution >= 4 is 45.6 Å². The monoisotopic (exact) mass is 555 g/mol. The lowest BCUT2D eigenvalue weighted by Crippen LogP contribution is -2.32. The highest BCUT2D eigenvalue weighted by Crippen LogP contribution is 2.35. The molecule has 3 aromatic carbocycles. The van der Waals surface area contributed by atoms with Crippen molar-refractivity contribution in [3.05, 3.63) is 110 Å². The van der Waals surface area contributed by atoms with Crippen LogP contribution in [0.2, 0.25) is 0 Å². The SMILES string of the molecule is Cc1ccc(C(C)C)c(OCCN2C(=O)S/C(=C\c3cn(Cc4ccccc4[N+](=O)[O-])c4ccccc34)C2=O)c1. The van der Waals surface area contributed by atoms with Crippen molar-refractivity contribution in [1.82, 2.24) is 9.47 Å². The van der Waals surface area contributed by atoms with Gasteiger partial charge in [-0.05, 0) is 53.9 Å². The van der Waals surface area contributed by atoms with Gasteiger partial charge in [0, 0.05) is 34.3 Å². The number of fused-ring (bicyclic) bond motifs is 1. The quantitative estimate of drug-likeness (QED) is 0.124. The van der Waals surface area contributed by atoms with Crippen molar-refractivity contribution in [2.24, 2.45) is 0 Å². The van der Waals surface area contributed by atoms with Crippen molar-refractivity contribution < 1.29 is 19.2 Å². The van der Waals surface area contributed by atoms with Crippen LogP contribution >= 0.6 is 11.8 Å². The standard InChI is InChI=1S/C31H29N3O5S/c1-20(2)24-13-12-21(3)16-28(24)39-15-14-33-30(35)29(40-31(33)36)17-23-19-32(27-11-7-5-9-25(23)27)18-22-8-4-6-10-26(22)34(37)38/h4-13,16-17,19-20H,14-15,18H2,1-3H3/b29-17-. The van der Waals surface area contributed by atoms with Crippen LogP contribution in [0.5, 0.6) is 5.75 Å². The average molecular weight is 556 g/mol. The lowest BCUT2D eigenvalue weighted by Gasteiger charge is -2.17. The summed E-state index contributed by atoms with van der Waals surface area (Å²) in [5.41, 5.74) is 4.42. The largest absolute Gasteiger partial charge is 0.491 e. The Bertz CT molecular complexity index is 1660. The van der Waals surface area contributed by atoms with E-state index in [4.69, 9.17) is 4.74 Å². The molecule has 1 aliphatic rings. The molecule has 1 aliphatic heterocycles. The maximum atomic E-state index is 13.2. The summed E-state index contributed by atoms with van der Waals surface area (Å²) in [6.07, 6.45) is 3.59. The lowest BCUT2D eigenvalue weighted by molar-refractivity contribution is -0.385. The van der Waals surface area contributed by atoms with Crippen LogP contribution in [-0.4, -0.2) is 38.7 Å². The van der Waals surface area contributed by atoms with Crippen LogP contribution in [0.15, 0.2) is 77.8 Å². The van der Waals surface area contributed by atoms with Crippen LogP contribution in [0.25, 0.3) is 17.0 Å². The van der Waals surface area contributed by atoms with Gasteiger partial charge in [0.1, 0.15) is 12.4 Å². The van der Waals surface area contributed by atoms with E-state index in [0.717, 1.165) is 45.1 Å². The Morgan fingerprint density at radius 1 is 1.05 bits per heavy atom. The molecule has 5 rings (SSSR count). The minimum atomic E-state index is -0.385. The van der Waals surface area contributed by atoms with Gasteiger partial charge >= 0.3 is 0 Å². The van der Waals surface area contributed by atoms with Gasteiger partial charge in [-0.15, -0.1) is 0 Å². The Morgan fingerprint density at radius 2 is 1.80 bits per heavy atom. The van der Waals surface area contributed by atoms with E-state index < -0.39 is 0 Å². The summed E-state index contributed by atoms with van der Waals surface area (Å²) in [5.74, 6) is 0.692. The molecule has 0 aliphatic carbocycles. The summed E-state index contributed by atoms with van der Waals surface area (Å²) >= 11 is 0.906. The predicted octanol–water partition coefficient (Wildman–Crippen LogP) is 7.14. The van der Waals surface area contributed by atoms with Crippen LogP contribution in [0.4, 0.5) is 10.5 Å². The molecule has 0 N–H and O–H groups in total. The topological polar surface area (TPSA) is 94.7 Å². The zero-order valence-corrected chi connectivity index (χ0v) is 23.3. The molecule has 0 radical (unpaired) electrons. The van der Waals surface area contributed by atoms with Gasteiger partial charge in [-0.3, -0.25) is 24.6 Å². The fraction of sp³-hybridized carbons (Fsp3) is 0.226. The molecule has 1 fully saturated rings. The predicted molar refractivity (Wildman–Crippen MR) is 158 cm³/mol. The Kier molecular flexibility index (Phi) is 7.75. The normalized spacial score (nSPS) is 14.6. The molecule has 4 aromatic rings. The van der Waals surface area contributed by atoms with E-state index in [1.54, 1.807) is 24.3 Å². The molecule has 0 bridgehead atoms. The first-order valence-electron chi connectivity index (χ1n) is 13.0. The number of carbonyl (C=O) groups is 2. The van der Waals surface area contributed by atoms with E-state index in [-0.39, 0.29) is 40.8 Å². The Morgan fingerprint density at radius 3 is 2.58 bits per heavy atom. The summed E-state index contributed by atoms with van der Waals surface area (Å²) in [6.45, 7) is 6.82. The van der Waals surface area contributed by atoms with Crippen molar-refractivity contribution in [3.8, 4) is 5.75 Å². The summed E-state index contributed by atoms with van der Waals surface area (Å²) in [7, 11) is 0. The van der Waals surface area contributed by atoms with E-state index >= 15 is 0 Å². The van der Waals surface area contributed by atoms with Gasteiger partial charge in [-0.2, -0.15) is 0 Å². The van der Waals surface area contributed by atoms with Crippen molar-refractivity contribution in [2.75, 3.05) is 13.2 Å². The number of benzene rings is 3. The number of aromatic nitrogens is 1. The fourth-order valence-corrected chi connectivity index (χ4v) is 5.71. The molecule has 2 heterocycles. The summed E-state index contributed by atoms with van der Waals surface area (Å²) in [5, 5.41) is 12.1. The number of hydrogen-bond acceptors (Lipinski definition) is 6. The number of aryl methyl sites for hydroxylation is 1. The summed E-state index contributed by atoms with van der Waals surface area (Å²) in [6, 6.07) is 20.4. The van der Waals surface area contributed by atoms with Gasteiger partial charge in [0.05, 0.1) is 22.9 Å². The van der Waals surface area contributed by atoms with Gasteiger partial charge < -0.3 is 9.30 Å². The van der Waals surface area contributed by atoms with Crippen molar-refractivity contribution in [1.29, 1.82) is 0 Å². The molecule has 0 saturated carbocycles. The van der Waals surface area contributed by atoms with Gasteiger partial charge in [0.2, 0.25) is 0 Å². The van der Waals surface area contributed by atoms with Crippen LogP contribution in [-0.2, 0) is 11.3 Å². The lowest BCUT2D eigenvalue weighted by atomic mass is 10.0. The molecular weight excluding hydrogens is 526 g/mol. The van der Waals surface area contributed by atoms with Crippen LogP contribution in [0, 0.1) is 17.0 Å². The molecular formula is C31H29N3O5S. The van der Waals surface area contributed by atoms with Crippen molar-refractivity contribution in [3.63, 3.8) is 0 Å². The van der Waals surface area contributed by atoms with E-state index in [1.807, 2.05) is 60.2 Å². The number of amides is 2. The molecule has 0 atom stereocenters. The first-order valence-corrected chi connectivity index (χ1v) is 13.8. The second kappa shape index (κ2) is 11.4. The molecule has 9 heteroatoms. The number of nitro benzene ring substituents is 1. The third-order valence-corrected chi connectivity index (χ3v) is 7.78. The second-order valence-corrected chi connectivity index (χ2v) is 11.0. The number of nitrogens with zero attached hydrogens (tertiary/aromatic N) is 3. The number of para-hydroxylation sites is 2. The van der Waals surface area contributed by atoms with Gasteiger partial charge in [0.25, 0.3) is 16.8 Å². The minimum Gasteiger partial charge on any atom is -0.491 e. The van der Waals surface area contributed by atoms with Gasteiger partial charge in [-0.25, -0.2) is 0 Å². The Balaban J connectivity index is 1.36. The maximum absolute atomic E-state index is 13.2. The van der Waals surface area contributed by atoms with Crippen LogP contribution in [0.1, 0.15) is 42.0 Å². The number of carbonyl (C=O) groups excluding carboxylic acids is 2. The van der Waals surface area contributed by atoms with Crippen LogP contribution < -0.4 is 4.74 Å². The third kappa shape index (κ3) is 5.51. The van der Waals surface area contributed by atoms with E-state index in [9.17, 15) is 19.7 Å². The average Bonchev–Trinajstić information content (AvgIpc) is 3.40. The molecule has 2 amide bonds. The second-order valence-electron chi connectivity index (χ2n) is 9.99. The number of ether oxygens (including phenoxy) is 1. The highest BCUT2D eigenvalue weighted by Gasteiger charge is 2.35. The number of thioether (sulfide) groups is 1. The Hall–Kier alpha value is -4.37. The number of imide groups is 1. The molecule has 8 nitrogen and oxygen atoms in total.